The highest BCUT2D eigenvalue weighted by molar-refractivity contribution is 8.18. The van der Waals surface area contributed by atoms with Crippen molar-refractivity contribution in [2.75, 3.05) is 7.05 Å². The second-order valence-corrected chi connectivity index (χ2v) is 10.8. The second-order valence-electron chi connectivity index (χ2n) is 9.77. The zero-order valence-electron chi connectivity index (χ0n) is 22.0. The predicted octanol–water partition coefficient (Wildman–Crippen LogP) is 6.89. The van der Waals surface area contributed by atoms with E-state index < -0.39 is 5.97 Å². The summed E-state index contributed by atoms with van der Waals surface area (Å²) in [7, 11) is 1.70. The van der Waals surface area contributed by atoms with Crippen LogP contribution in [0.2, 0.25) is 0 Å². The number of amides is 1. The quantitative estimate of drug-likeness (QED) is 0.306. The molecule has 1 atom stereocenters. The molecule has 1 aliphatic rings. The van der Waals surface area contributed by atoms with Crippen molar-refractivity contribution in [3.63, 3.8) is 0 Å². The van der Waals surface area contributed by atoms with Gasteiger partial charge in [-0.2, -0.15) is 0 Å². The predicted molar refractivity (Wildman–Crippen MR) is 154 cm³/mol. The summed E-state index contributed by atoms with van der Waals surface area (Å²) >= 11 is 1.31. The fraction of sp³-hybridized carbons (Fsp3) is 0.258. The summed E-state index contributed by atoms with van der Waals surface area (Å²) < 4.78 is 6.14. The third-order valence-corrected chi connectivity index (χ3v) is 7.16. The maximum absolute atomic E-state index is 12.8. The van der Waals surface area contributed by atoms with Gasteiger partial charge in [0.25, 0.3) is 5.91 Å². The molecular formula is C31H32N2O4S. The third-order valence-electron chi connectivity index (χ3n) is 6.10. The number of benzene rings is 3. The van der Waals surface area contributed by atoms with Crippen LogP contribution in [-0.2, 0) is 22.4 Å². The topological polar surface area (TPSA) is 79.2 Å². The van der Waals surface area contributed by atoms with Crippen LogP contribution in [0, 0.1) is 5.92 Å². The van der Waals surface area contributed by atoms with E-state index in [-0.39, 0.29) is 18.4 Å². The SMILES string of the molecule is CC(C)Cc1ccc(C(C)Oc2ccc(/C=C3/S/C(=N\c4ccc(CC(=O)O)cc4)N(C)C3=O)cc2)cc1. The molecular weight excluding hydrogens is 496 g/mol. The van der Waals surface area contributed by atoms with Gasteiger partial charge in [-0.1, -0.05) is 62.4 Å². The number of nitrogens with zero attached hydrogens (tertiary/aromatic N) is 2. The Hall–Kier alpha value is -3.84. The van der Waals surface area contributed by atoms with Crippen molar-refractivity contribution in [3.8, 4) is 5.75 Å². The number of carbonyl (C=O) groups is 2. The molecule has 1 unspecified atom stereocenters. The summed E-state index contributed by atoms with van der Waals surface area (Å²) in [5, 5.41) is 9.49. The highest BCUT2D eigenvalue weighted by atomic mass is 32.2. The van der Waals surface area contributed by atoms with Gasteiger partial charge in [0.1, 0.15) is 11.9 Å². The molecule has 0 aliphatic carbocycles. The summed E-state index contributed by atoms with van der Waals surface area (Å²) in [6.07, 6.45) is 2.80. The Morgan fingerprint density at radius 1 is 0.974 bits per heavy atom. The first-order valence-corrected chi connectivity index (χ1v) is 13.4. The van der Waals surface area contributed by atoms with Crippen molar-refractivity contribution in [2.24, 2.45) is 10.9 Å². The molecule has 0 radical (unpaired) electrons. The van der Waals surface area contributed by atoms with Crippen LogP contribution in [0.15, 0.2) is 82.7 Å². The number of aliphatic carboxylic acids is 1. The molecule has 0 spiro atoms. The van der Waals surface area contributed by atoms with Gasteiger partial charge in [-0.05, 0) is 83.6 Å². The number of thioether (sulfide) groups is 1. The van der Waals surface area contributed by atoms with Crippen LogP contribution in [0.25, 0.3) is 6.08 Å². The molecule has 4 rings (SSSR count). The smallest absolute Gasteiger partial charge is 0.307 e. The normalized spacial score (nSPS) is 16.4. The van der Waals surface area contributed by atoms with Gasteiger partial charge in [0.05, 0.1) is 17.0 Å². The van der Waals surface area contributed by atoms with Crippen LogP contribution in [0.4, 0.5) is 5.69 Å². The molecule has 1 heterocycles. The average Bonchev–Trinajstić information content (AvgIpc) is 3.13. The Morgan fingerprint density at radius 2 is 1.61 bits per heavy atom. The van der Waals surface area contributed by atoms with Crippen LogP contribution >= 0.6 is 11.8 Å². The zero-order valence-corrected chi connectivity index (χ0v) is 22.9. The molecule has 1 aliphatic heterocycles. The minimum Gasteiger partial charge on any atom is -0.486 e. The van der Waals surface area contributed by atoms with Crippen LogP contribution in [0.1, 0.15) is 49.1 Å². The molecule has 1 saturated heterocycles. The van der Waals surface area contributed by atoms with Crippen LogP contribution in [0.3, 0.4) is 0 Å². The molecule has 1 N–H and O–H groups in total. The van der Waals surface area contributed by atoms with Gasteiger partial charge in [0.15, 0.2) is 5.17 Å². The lowest BCUT2D eigenvalue weighted by atomic mass is 10.0. The first-order chi connectivity index (χ1) is 18.2. The average molecular weight is 529 g/mol. The highest BCUT2D eigenvalue weighted by Gasteiger charge is 2.30. The number of carbonyl (C=O) groups excluding carboxylic acids is 1. The highest BCUT2D eigenvalue weighted by Crippen LogP contribution is 2.33. The zero-order chi connectivity index (χ0) is 27.2. The Morgan fingerprint density at radius 3 is 2.21 bits per heavy atom. The lowest BCUT2D eigenvalue weighted by Crippen LogP contribution is -2.23. The minimum atomic E-state index is -0.878. The van der Waals surface area contributed by atoms with Crippen LogP contribution in [-0.4, -0.2) is 34.1 Å². The molecule has 1 fully saturated rings. The van der Waals surface area contributed by atoms with E-state index in [1.165, 1.54) is 22.2 Å². The number of rotatable bonds is 9. The van der Waals surface area contributed by atoms with Gasteiger partial charge in [0.2, 0.25) is 0 Å². The molecule has 0 aromatic heterocycles. The molecule has 3 aromatic rings. The number of amidine groups is 1. The van der Waals surface area contributed by atoms with Gasteiger partial charge in [-0.25, -0.2) is 4.99 Å². The number of aliphatic imine (C=N–C) groups is 1. The van der Waals surface area contributed by atoms with Crippen molar-refractivity contribution in [3.05, 3.63) is 100.0 Å². The fourth-order valence-corrected chi connectivity index (χ4v) is 5.07. The largest absolute Gasteiger partial charge is 0.486 e. The van der Waals surface area contributed by atoms with E-state index in [1.54, 1.807) is 31.3 Å². The fourth-order valence-electron chi connectivity index (χ4n) is 4.09. The number of hydrogen-bond acceptors (Lipinski definition) is 5. The van der Waals surface area contributed by atoms with Crippen molar-refractivity contribution in [2.45, 2.75) is 39.7 Å². The summed E-state index contributed by atoms with van der Waals surface area (Å²) in [6.45, 7) is 6.48. The van der Waals surface area contributed by atoms with Crippen molar-refractivity contribution >= 4 is 40.6 Å². The Balaban J connectivity index is 1.40. The molecule has 3 aromatic carbocycles. The third kappa shape index (κ3) is 7.13. The lowest BCUT2D eigenvalue weighted by molar-refractivity contribution is -0.136. The molecule has 7 heteroatoms. The Bertz CT molecular complexity index is 1340. The van der Waals surface area contributed by atoms with Gasteiger partial charge in [-0.3, -0.25) is 14.5 Å². The first-order valence-electron chi connectivity index (χ1n) is 12.6. The summed E-state index contributed by atoms with van der Waals surface area (Å²) in [4.78, 5) is 30.3. The standard InChI is InChI=1S/C31H32N2O4S/c1-20(2)17-22-5-11-25(12-6-22)21(3)37-27-15-9-23(10-16-27)18-28-30(36)33(4)31(38-28)32-26-13-7-24(8-14-26)19-29(34)35/h5-16,18,20-21H,17,19H2,1-4H3,(H,34,35)/b28-18+,32-31-. The molecule has 196 valence electrons. The number of likely N-dealkylation sites (N-methyl/N-ethyl adjacent to an activating group) is 1. The van der Waals surface area contributed by atoms with E-state index in [4.69, 9.17) is 9.84 Å². The van der Waals surface area contributed by atoms with E-state index in [9.17, 15) is 9.59 Å². The molecule has 6 nitrogen and oxygen atoms in total. The van der Waals surface area contributed by atoms with Gasteiger partial charge in [0, 0.05) is 7.05 Å². The van der Waals surface area contributed by atoms with E-state index in [0.717, 1.165) is 23.3 Å². The van der Waals surface area contributed by atoms with Crippen molar-refractivity contribution in [1.29, 1.82) is 0 Å². The van der Waals surface area contributed by atoms with Gasteiger partial charge >= 0.3 is 5.97 Å². The number of ether oxygens (including phenoxy) is 1. The minimum absolute atomic E-state index is 0.0366. The summed E-state index contributed by atoms with van der Waals surface area (Å²) in [6, 6.07) is 23.3. The number of carboxylic acid groups (broad SMARTS) is 1. The number of hydrogen-bond donors (Lipinski definition) is 1. The maximum Gasteiger partial charge on any atom is 0.307 e. The monoisotopic (exact) mass is 528 g/mol. The van der Waals surface area contributed by atoms with E-state index in [0.29, 0.717) is 27.2 Å². The van der Waals surface area contributed by atoms with Crippen LogP contribution in [0.5, 0.6) is 5.75 Å². The van der Waals surface area contributed by atoms with E-state index in [1.807, 2.05) is 37.3 Å². The second kappa shape index (κ2) is 12.1. The first kappa shape index (κ1) is 27.2. The number of carboxylic acids is 1. The van der Waals surface area contributed by atoms with E-state index in [2.05, 4.69) is 43.1 Å². The Kier molecular flexibility index (Phi) is 8.69. The van der Waals surface area contributed by atoms with Crippen LogP contribution < -0.4 is 4.74 Å². The van der Waals surface area contributed by atoms with Gasteiger partial charge in [-0.15, -0.1) is 0 Å². The summed E-state index contributed by atoms with van der Waals surface area (Å²) in [5.41, 5.74) is 4.72. The lowest BCUT2D eigenvalue weighted by Gasteiger charge is -2.16. The maximum atomic E-state index is 12.8. The molecule has 0 saturated carbocycles. The summed E-state index contributed by atoms with van der Waals surface area (Å²) in [5.74, 6) is 0.397. The molecule has 38 heavy (non-hydrogen) atoms. The Labute approximate surface area is 228 Å². The van der Waals surface area contributed by atoms with Crippen molar-refractivity contribution < 1.29 is 19.4 Å². The van der Waals surface area contributed by atoms with E-state index >= 15 is 0 Å². The molecule has 1 amide bonds. The van der Waals surface area contributed by atoms with Gasteiger partial charge < -0.3 is 9.84 Å². The molecule has 0 bridgehead atoms. The van der Waals surface area contributed by atoms with Crippen molar-refractivity contribution in [1.82, 2.24) is 4.90 Å².